The summed E-state index contributed by atoms with van der Waals surface area (Å²) in [5.74, 6) is 0.153. The third kappa shape index (κ3) is 4.02. The van der Waals surface area contributed by atoms with Crippen LogP contribution in [0.15, 0.2) is 54.7 Å². The van der Waals surface area contributed by atoms with Gasteiger partial charge in [0.15, 0.2) is 0 Å². The fourth-order valence-corrected chi connectivity index (χ4v) is 4.61. The third-order valence-electron chi connectivity index (χ3n) is 6.09. The summed E-state index contributed by atoms with van der Waals surface area (Å²) >= 11 is 0. The van der Waals surface area contributed by atoms with Gasteiger partial charge < -0.3 is 4.74 Å². The average Bonchev–Trinajstić information content (AvgIpc) is 2.75. The standard InChI is InChI=1S/C23H29N3O2/c1-19-17-23(10-16-28-19,22(27)21-9-5-6-11-24-21)26-14-12-25(13-15-26)18-20-7-3-2-4-8-20/h2-9,11,19H,10,12-18H2,1H3/t19-,23-/m0/s1. The molecule has 4 rings (SSSR count). The Hall–Kier alpha value is -2.08. The average molecular weight is 380 g/mol. The van der Waals surface area contributed by atoms with Gasteiger partial charge >= 0.3 is 0 Å². The van der Waals surface area contributed by atoms with E-state index >= 15 is 0 Å². The first-order valence-electron chi connectivity index (χ1n) is 10.3. The number of Topliss-reactive ketones (excluding diaryl/α,β-unsaturated/α-hetero) is 1. The molecular formula is C23H29N3O2. The highest BCUT2D eigenvalue weighted by Gasteiger charge is 2.48. The van der Waals surface area contributed by atoms with E-state index in [2.05, 4.69) is 52.0 Å². The normalized spacial score (nSPS) is 26.8. The molecule has 0 radical (unpaired) electrons. The highest BCUT2D eigenvalue weighted by atomic mass is 16.5. The van der Waals surface area contributed by atoms with Gasteiger partial charge in [0.25, 0.3) is 0 Å². The second-order valence-electron chi connectivity index (χ2n) is 7.96. The SMILES string of the molecule is C[C@H]1C[C@@](C(=O)c2ccccn2)(N2CCN(Cc3ccccc3)CC2)CCO1. The Labute approximate surface area is 167 Å². The summed E-state index contributed by atoms with van der Waals surface area (Å²) in [6.45, 7) is 7.42. The number of piperazine rings is 1. The minimum absolute atomic E-state index is 0.0868. The first-order valence-corrected chi connectivity index (χ1v) is 10.3. The van der Waals surface area contributed by atoms with Gasteiger partial charge in [-0.2, -0.15) is 0 Å². The number of pyridine rings is 1. The van der Waals surface area contributed by atoms with Crippen LogP contribution in [0.2, 0.25) is 0 Å². The van der Waals surface area contributed by atoms with E-state index in [1.54, 1.807) is 6.20 Å². The van der Waals surface area contributed by atoms with Crippen molar-refractivity contribution in [2.75, 3.05) is 32.8 Å². The maximum absolute atomic E-state index is 13.6. The van der Waals surface area contributed by atoms with E-state index in [9.17, 15) is 4.79 Å². The van der Waals surface area contributed by atoms with Crippen molar-refractivity contribution in [1.29, 1.82) is 0 Å². The lowest BCUT2D eigenvalue weighted by molar-refractivity contribution is -0.0647. The molecule has 2 aliphatic heterocycles. The fourth-order valence-electron chi connectivity index (χ4n) is 4.61. The van der Waals surface area contributed by atoms with E-state index < -0.39 is 5.54 Å². The van der Waals surface area contributed by atoms with Gasteiger partial charge in [-0.3, -0.25) is 19.6 Å². The van der Waals surface area contributed by atoms with Gasteiger partial charge in [0.05, 0.1) is 11.6 Å². The zero-order chi connectivity index (χ0) is 19.4. The predicted molar refractivity (Wildman–Crippen MR) is 109 cm³/mol. The first-order chi connectivity index (χ1) is 13.7. The molecule has 3 heterocycles. The molecule has 0 N–H and O–H groups in total. The van der Waals surface area contributed by atoms with Gasteiger partial charge in [-0.05, 0) is 37.5 Å². The van der Waals surface area contributed by atoms with Crippen molar-refractivity contribution in [3.8, 4) is 0 Å². The Morgan fingerprint density at radius 2 is 1.86 bits per heavy atom. The molecule has 0 bridgehead atoms. The van der Waals surface area contributed by atoms with Crippen LogP contribution in [0.3, 0.4) is 0 Å². The molecule has 2 aromatic rings. The minimum Gasteiger partial charge on any atom is -0.378 e. The van der Waals surface area contributed by atoms with Crippen LogP contribution in [0.1, 0.15) is 35.8 Å². The van der Waals surface area contributed by atoms with Crippen molar-refractivity contribution < 1.29 is 9.53 Å². The lowest BCUT2D eigenvalue weighted by atomic mass is 9.79. The molecule has 0 spiro atoms. The molecule has 5 heteroatoms. The quantitative estimate of drug-likeness (QED) is 0.748. The van der Waals surface area contributed by atoms with Crippen molar-refractivity contribution >= 4 is 5.78 Å². The van der Waals surface area contributed by atoms with E-state index in [-0.39, 0.29) is 11.9 Å². The molecule has 2 saturated heterocycles. The molecule has 0 aliphatic carbocycles. The summed E-state index contributed by atoms with van der Waals surface area (Å²) in [6.07, 6.45) is 3.28. The fraction of sp³-hybridized carbons (Fsp3) is 0.478. The molecule has 1 aromatic carbocycles. The highest BCUT2D eigenvalue weighted by molar-refractivity contribution is 6.01. The Morgan fingerprint density at radius 3 is 2.54 bits per heavy atom. The van der Waals surface area contributed by atoms with Crippen LogP contribution in [-0.4, -0.2) is 65.0 Å². The molecule has 148 valence electrons. The van der Waals surface area contributed by atoms with Gasteiger partial charge in [-0.1, -0.05) is 36.4 Å². The van der Waals surface area contributed by atoms with Crippen LogP contribution in [0.4, 0.5) is 0 Å². The van der Waals surface area contributed by atoms with E-state index in [1.807, 2.05) is 18.2 Å². The Bertz CT molecular complexity index is 775. The number of ketones is 1. The summed E-state index contributed by atoms with van der Waals surface area (Å²) in [7, 11) is 0. The maximum atomic E-state index is 13.6. The van der Waals surface area contributed by atoms with Gasteiger partial charge in [-0.25, -0.2) is 0 Å². The zero-order valence-corrected chi connectivity index (χ0v) is 16.6. The molecular weight excluding hydrogens is 350 g/mol. The van der Waals surface area contributed by atoms with Crippen molar-refractivity contribution in [2.24, 2.45) is 0 Å². The smallest absolute Gasteiger partial charge is 0.201 e. The van der Waals surface area contributed by atoms with E-state index in [4.69, 9.17) is 4.74 Å². The molecule has 2 aliphatic rings. The maximum Gasteiger partial charge on any atom is 0.201 e. The number of hydrogen-bond acceptors (Lipinski definition) is 5. The lowest BCUT2D eigenvalue weighted by Crippen LogP contribution is -2.63. The predicted octanol–water partition coefficient (Wildman–Crippen LogP) is 3.02. The summed E-state index contributed by atoms with van der Waals surface area (Å²) in [5, 5.41) is 0. The van der Waals surface area contributed by atoms with Crippen molar-refractivity contribution in [1.82, 2.24) is 14.8 Å². The van der Waals surface area contributed by atoms with Crippen LogP contribution in [0.5, 0.6) is 0 Å². The summed E-state index contributed by atoms with van der Waals surface area (Å²) < 4.78 is 5.80. The monoisotopic (exact) mass is 379 g/mol. The Balaban J connectivity index is 1.49. The van der Waals surface area contributed by atoms with E-state index in [0.29, 0.717) is 12.3 Å². The van der Waals surface area contributed by atoms with Crippen LogP contribution >= 0.6 is 0 Å². The number of benzene rings is 1. The number of rotatable bonds is 5. The number of aromatic nitrogens is 1. The van der Waals surface area contributed by atoms with Gasteiger partial charge in [0.1, 0.15) is 5.69 Å². The third-order valence-corrected chi connectivity index (χ3v) is 6.09. The molecule has 0 saturated carbocycles. The largest absolute Gasteiger partial charge is 0.378 e. The van der Waals surface area contributed by atoms with Crippen LogP contribution in [0.25, 0.3) is 0 Å². The van der Waals surface area contributed by atoms with Crippen molar-refractivity contribution in [3.63, 3.8) is 0 Å². The number of carbonyl (C=O) groups excluding carboxylic acids is 1. The summed E-state index contributed by atoms with van der Waals surface area (Å²) in [5.41, 5.74) is 1.42. The van der Waals surface area contributed by atoms with E-state index in [1.165, 1.54) is 5.56 Å². The van der Waals surface area contributed by atoms with Crippen molar-refractivity contribution in [2.45, 2.75) is 38.0 Å². The second kappa shape index (κ2) is 8.52. The molecule has 2 atom stereocenters. The molecule has 1 aromatic heterocycles. The summed E-state index contributed by atoms with van der Waals surface area (Å²) in [4.78, 5) is 22.8. The van der Waals surface area contributed by atoms with Crippen LogP contribution in [-0.2, 0) is 11.3 Å². The van der Waals surface area contributed by atoms with Gasteiger partial charge in [0, 0.05) is 45.5 Å². The Kier molecular flexibility index (Phi) is 5.85. The number of hydrogen-bond donors (Lipinski definition) is 0. The van der Waals surface area contributed by atoms with E-state index in [0.717, 1.165) is 45.6 Å². The summed E-state index contributed by atoms with van der Waals surface area (Å²) in [6, 6.07) is 16.2. The van der Waals surface area contributed by atoms with Gasteiger partial charge in [0.2, 0.25) is 5.78 Å². The number of carbonyl (C=O) groups is 1. The van der Waals surface area contributed by atoms with Crippen LogP contribution in [0, 0.1) is 0 Å². The number of ether oxygens (including phenoxy) is 1. The minimum atomic E-state index is -0.495. The second-order valence-corrected chi connectivity index (χ2v) is 7.96. The highest BCUT2D eigenvalue weighted by Crippen LogP contribution is 2.35. The lowest BCUT2D eigenvalue weighted by Gasteiger charge is -2.49. The molecule has 5 nitrogen and oxygen atoms in total. The molecule has 28 heavy (non-hydrogen) atoms. The van der Waals surface area contributed by atoms with Crippen LogP contribution < -0.4 is 0 Å². The van der Waals surface area contributed by atoms with Crippen molar-refractivity contribution in [3.05, 3.63) is 66.0 Å². The van der Waals surface area contributed by atoms with Gasteiger partial charge in [-0.15, -0.1) is 0 Å². The zero-order valence-electron chi connectivity index (χ0n) is 16.6. The topological polar surface area (TPSA) is 45.7 Å². The molecule has 0 amide bonds. The number of nitrogens with zero attached hydrogens (tertiary/aromatic N) is 3. The molecule has 0 unspecified atom stereocenters. The Morgan fingerprint density at radius 1 is 1.11 bits per heavy atom. The first kappa shape index (κ1) is 19.2. The molecule has 2 fully saturated rings.